The van der Waals surface area contributed by atoms with E-state index in [9.17, 15) is 19.7 Å². The SMILES string of the molecule is Cc1ccc(NC(=O)c2cc([N+](=O)[O-])ccc2C(=O)O)cc1C. The maximum atomic E-state index is 12.3. The number of nitro groups is 1. The van der Waals surface area contributed by atoms with Crippen LogP contribution in [0, 0.1) is 24.0 Å². The van der Waals surface area contributed by atoms with Crippen molar-refractivity contribution in [3.05, 3.63) is 68.8 Å². The molecule has 7 heteroatoms. The summed E-state index contributed by atoms with van der Waals surface area (Å²) in [5.74, 6) is -2.04. The smallest absolute Gasteiger partial charge is 0.336 e. The molecule has 23 heavy (non-hydrogen) atoms. The summed E-state index contributed by atoms with van der Waals surface area (Å²) in [6.07, 6.45) is 0. The van der Waals surface area contributed by atoms with E-state index < -0.39 is 16.8 Å². The van der Waals surface area contributed by atoms with E-state index in [0.29, 0.717) is 5.69 Å². The summed E-state index contributed by atoms with van der Waals surface area (Å²) in [5.41, 5.74) is 1.59. The third-order valence-electron chi connectivity index (χ3n) is 3.45. The zero-order valence-corrected chi connectivity index (χ0v) is 12.5. The van der Waals surface area contributed by atoms with Crippen molar-refractivity contribution in [3.63, 3.8) is 0 Å². The van der Waals surface area contributed by atoms with Crippen LogP contribution in [-0.2, 0) is 0 Å². The Kier molecular flexibility index (Phi) is 4.40. The molecule has 118 valence electrons. The minimum Gasteiger partial charge on any atom is -0.478 e. The van der Waals surface area contributed by atoms with Crippen molar-refractivity contribution >= 4 is 23.3 Å². The molecule has 0 aliphatic carbocycles. The molecule has 2 aromatic carbocycles. The summed E-state index contributed by atoms with van der Waals surface area (Å²) >= 11 is 0. The molecule has 0 aromatic heterocycles. The van der Waals surface area contributed by atoms with E-state index in [4.69, 9.17) is 5.11 Å². The monoisotopic (exact) mass is 314 g/mol. The van der Waals surface area contributed by atoms with Gasteiger partial charge in [0.25, 0.3) is 11.6 Å². The van der Waals surface area contributed by atoms with Gasteiger partial charge in [-0.05, 0) is 43.2 Å². The van der Waals surface area contributed by atoms with E-state index in [1.54, 1.807) is 12.1 Å². The summed E-state index contributed by atoms with van der Waals surface area (Å²) in [7, 11) is 0. The van der Waals surface area contributed by atoms with Gasteiger partial charge in [-0.2, -0.15) is 0 Å². The highest BCUT2D eigenvalue weighted by molar-refractivity contribution is 6.11. The first-order valence-corrected chi connectivity index (χ1v) is 6.70. The van der Waals surface area contributed by atoms with Crippen LogP contribution >= 0.6 is 0 Å². The van der Waals surface area contributed by atoms with Crippen LogP contribution in [0.1, 0.15) is 31.8 Å². The molecule has 0 spiro atoms. The molecule has 0 fully saturated rings. The number of hydrogen-bond donors (Lipinski definition) is 2. The molecule has 0 aliphatic rings. The van der Waals surface area contributed by atoms with Gasteiger partial charge in [0, 0.05) is 17.8 Å². The number of rotatable bonds is 4. The molecule has 2 N–H and O–H groups in total. The summed E-state index contributed by atoms with van der Waals surface area (Å²) < 4.78 is 0. The number of aryl methyl sites for hydroxylation is 2. The predicted molar refractivity (Wildman–Crippen MR) is 83.9 cm³/mol. The van der Waals surface area contributed by atoms with Crippen LogP contribution in [0.25, 0.3) is 0 Å². The average molecular weight is 314 g/mol. The van der Waals surface area contributed by atoms with Crippen molar-refractivity contribution < 1.29 is 19.6 Å². The van der Waals surface area contributed by atoms with Gasteiger partial charge in [0.2, 0.25) is 0 Å². The fourth-order valence-electron chi connectivity index (χ4n) is 2.04. The number of carbonyl (C=O) groups excluding carboxylic acids is 1. The molecule has 1 amide bonds. The normalized spacial score (nSPS) is 10.2. The predicted octanol–water partition coefficient (Wildman–Crippen LogP) is 3.16. The lowest BCUT2D eigenvalue weighted by Gasteiger charge is -2.09. The summed E-state index contributed by atoms with van der Waals surface area (Å²) in [6, 6.07) is 8.30. The van der Waals surface area contributed by atoms with Crippen molar-refractivity contribution in [2.75, 3.05) is 5.32 Å². The maximum absolute atomic E-state index is 12.3. The van der Waals surface area contributed by atoms with Gasteiger partial charge in [0.1, 0.15) is 0 Å². The molecule has 0 unspecified atom stereocenters. The number of carbonyl (C=O) groups is 2. The Morgan fingerprint density at radius 2 is 1.74 bits per heavy atom. The number of nitro benzene ring substituents is 1. The number of nitrogens with one attached hydrogen (secondary N) is 1. The Hall–Kier alpha value is -3.22. The largest absolute Gasteiger partial charge is 0.478 e. The van der Waals surface area contributed by atoms with Crippen LogP contribution in [0.3, 0.4) is 0 Å². The molecule has 0 radical (unpaired) electrons. The van der Waals surface area contributed by atoms with E-state index in [1.807, 2.05) is 19.9 Å². The minimum absolute atomic E-state index is 0.259. The van der Waals surface area contributed by atoms with E-state index in [1.165, 1.54) is 0 Å². The molecule has 0 heterocycles. The first kappa shape index (κ1) is 16.2. The van der Waals surface area contributed by atoms with Crippen molar-refractivity contribution in [1.29, 1.82) is 0 Å². The van der Waals surface area contributed by atoms with Crippen LogP contribution in [0.2, 0.25) is 0 Å². The van der Waals surface area contributed by atoms with Gasteiger partial charge in [0.05, 0.1) is 16.1 Å². The molecule has 2 aromatic rings. The number of anilines is 1. The Morgan fingerprint density at radius 1 is 1.04 bits per heavy atom. The second-order valence-electron chi connectivity index (χ2n) is 5.05. The summed E-state index contributed by atoms with van der Waals surface area (Å²) in [6.45, 7) is 3.80. The van der Waals surface area contributed by atoms with Gasteiger partial charge < -0.3 is 10.4 Å². The van der Waals surface area contributed by atoms with Gasteiger partial charge in [0.15, 0.2) is 0 Å². The summed E-state index contributed by atoms with van der Waals surface area (Å²) in [5, 5.41) is 22.5. The number of amides is 1. The van der Waals surface area contributed by atoms with Crippen molar-refractivity contribution in [3.8, 4) is 0 Å². The third-order valence-corrected chi connectivity index (χ3v) is 3.45. The summed E-state index contributed by atoms with van der Waals surface area (Å²) in [4.78, 5) is 33.7. The van der Waals surface area contributed by atoms with E-state index >= 15 is 0 Å². The quantitative estimate of drug-likeness (QED) is 0.665. The lowest BCUT2D eigenvalue weighted by Crippen LogP contribution is -2.17. The average Bonchev–Trinajstić information content (AvgIpc) is 2.50. The molecule has 2 rings (SSSR count). The van der Waals surface area contributed by atoms with Gasteiger partial charge in [-0.3, -0.25) is 14.9 Å². The third kappa shape index (κ3) is 3.52. The highest BCUT2D eigenvalue weighted by Gasteiger charge is 2.20. The molecule has 0 aliphatic heterocycles. The van der Waals surface area contributed by atoms with E-state index in [2.05, 4.69) is 5.32 Å². The number of non-ortho nitro benzene ring substituents is 1. The topological polar surface area (TPSA) is 110 Å². The lowest BCUT2D eigenvalue weighted by molar-refractivity contribution is -0.384. The highest BCUT2D eigenvalue weighted by Crippen LogP contribution is 2.21. The number of aromatic carboxylic acids is 1. The Labute approximate surface area is 131 Å². The van der Waals surface area contributed by atoms with Gasteiger partial charge in [-0.25, -0.2) is 4.79 Å². The van der Waals surface area contributed by atoms with Gasteiger partial charge in [-0.1, -0.05) is 6.07 Å². The number of carboxylic acids is 1. The molecular formula is C16H14N2O5. The number of nitrogens with zero attached hydrogens (tertiary/aromatic N) is 1. The van der Waals surface area contributed by atoms with E-state index in [0.717, 1.165) is 29.3 Å². The number of hydrogen-bond acceptors (Lipinski definition) is 4. The first-order valence-electron chi connectivity index (χ1n) is 6.70. The first-order chi connectivity index (χ1) is 10.8. The molecule has 0 atom stereocenters. The van der Waals surface area contributed by atoms with Crippen LogP contribution in [0.4, 0.5) is 11.4 Å². The van der Waals surface area contributed by atoms with Crippen LogP contribution in [-0.4, -0.2) is 21.9 Å². The molecule has 0 saturated heterocycles. The molecule has 7 nitrogen and oxygen atoms in total. The van der Waals surface area contributed by atoms with Crippen LogP contribution in [0.5, 0.6) is 0 Å². The van der Waals surface area contributed by atoms with E-state index in [-0.39, 0.29) is 16.8 Å². The molecule has 0 bridgehead atoms. The fourth-order valence-corrected chi connectivity index (χ4v) is 2.04. The van der Waals surface area contributed by atoms with Gasteiger partial charge >= 0.3 is 5.97 Å². The van der Waals surface area contributed by atoms with Gasteiger partial charge in [-0.15, -0.1) is 0 Å². The second-order valence-corrected chi connectivity index (χ2v) is 5.05. The fraction of sp³-hybridized carbons (Fsp3) is 0.125. The second kappa shape index (κ2) is 6.27. The van der Waals surface area contributed by atoms with Crippen molar-refractivity contribution in [2.45, 2.75) is 13.8 Å². The minimum atomic E-state index is -1.33. The van der Waals surface area contributed by atoms with Crippen molar-refractivity contribution in [1.82, 2.24) is 0 Å². The Balaban J connectivity index is 2.40. The maximum Gasteiger partial charge on any atom is 0.336 e. The Bertz CT molecular complexity index is 814. The number of carboxylic acid groups (broad SMARTS) is 1. The molecule has 0 saturated carbocycles. The Morgan fingerprint density at radius 3 is 2.30 bits per heavy atom. The van der Waals surface area contributed by atoms with Crippen LogP contribution in [0.15, 0.2) is 36.4 Å². The standard InChI is InChI=1S/C16H14N2O5/c1-9-3-4-11(7-10(9)2)17-15(19)14-8-12(18(22)23)5-6-13(14)16(20)21/h3-8H,1-2H3,(H,17,19)(H,20,21). The number of benzene rings is 2. The zero-order chi connectivity index (χ0) is 17.1. The highest BCUT2D eigenvalue weighted by atomic mass is 16.6. The lowest BCUT2D eigenvalue weighted by atomic mass is 10.1. The molecular weight excluding hydrogens is 300 g/mol. The van der Waals surface area contributed by atoms with Crippen molar-refractivity contribution in [2.24, 2.45) is 0 Å². The zero-order valence-electron chi connectivity index (χ0n) is 12.5. The van der Waals surface area contributed by atoms with Crippen LogP contribution < -0.4 is 5.32 Å².